The van der Waals surface area contributed by atoms with Crippen molar-refractivity contribution in [3.63, 3.8) is 0 Å². The van der Waals surface area contributed by atoms with Crippen LogP contribution < -0.4 is 9.47 Å². The lowest BCUT2D eigenvalue weighted by molar-refractivity contribution is 0.0553. The van der Waals surface area contributed by atoms with Gasteiger partial charge in [-0.3, -0.25) is 4.90 Å². The Morgan fingerprint density at radius 1 is 1.11 bits per heavy atom. The molecule has 1 saturated heterocycles. The van der Waals surface area contributed by atoms with Gasteiger partial charge in [0.1, 0.15) is 12.7 Å². The summed E-state index contributed by atoms with van der Waals surface area (Å²) < 4.78 is 11.4. The Balaban J connectivity index is 1.48. The molecule has 2 fully saturated rings. The van der Waals surface area contributed by atoms with Gasteiger partial charge in [-0.05, 0) is 63.5 Å². The maximum absolute atomic E-state index is 10.4. The van der Waals surface area contributed by atoms with E-state index in [2.05, 4.69) is 29.0 Å². The summed E-state index contributed by atoms with van der Waals surface area (Å²) in [4.78, 5) is 4.77. The van der Waals surface area contributed by atoms with E-state index in [4.69, 9.17) is 9.47 Å². The van der Waals surface area contributed by atoms with Gasteiger partial charge in [-0.15, -0.1) is 0 Å². The number of ether oxygens (including phenoxy) is 2. The molecule has 0 aromatic heterocycles. The third kappa shape index (κ3) is 6.09. The average Bonchev–Trinajstić information content (AvgIpc) is 3.20. The Hall–Kier alpha value is -1.30. The number of hydrogen-bond donors (Lipinski definition) is 1. The molecule has 1 saturated carbocycles. The molecule has 1 N–H and O–H groups in total. The van der Waals surface area contributed by atoms with Crippen molar-refractivity contribution in [1.29, 1.82) is 0 Å². The Bertz CT molecular complexity index is 569. The Morgan fingerprint density at radius 3 is 2.56 bits per heavy atom. The molecule has 152 valence electrons. The van der Waals surface area contributed by atoms with E-state index in [0.29, 0.717) is 24.9 Å². The van der Waals surface area contributed by atoms with Gasteiger partial charge >= 0.3 is 0 Å². The first kappa shape index (κ1) is 20.4. The molecular formula is C22H36N2O3. The maximum atomic E-state index is 10.4. The zero-order chi connectivity index (χ0) is 19.1. The van der Waals surface area contributed by atoms with Crippen molar-refractivity contribution in [1.82, 2.24) is 9.80 Å². The van der Waals surface area contributed by atoms with E-state index in [1.807, 2.05) is 6.07 Å². The fourth-order valence-corrected chi connectivity index (χ4v) is 4.37. The number of rotatable bonds is 9. The second kappa shape index (κ2) is 10.3. The molecule has 1 heterocycles. The normalized spacial score (nSPS) is 20.1. The van der Waals surface area contributed by atoms with Gasteiger partial charge in [0.25, 0.3) is 0 Å². The highest BCUT2D eigenvalue weighted by Gasteiger charge is 2.20. The van der Waals surface area contributed by atoms with Gasteiger partial charge in [-0.1, -0.05) is 25.3 Å². The van der Waals surface area contributed by atoms with E-state index >= 15 is 0 Å². The van der Waals surface area contributed by atoms with Crippen LogP contribution >= 0.6 is 0 Å². The molecule has 5 heteroatoms. The fraction of sp³-hybridized carbons (Fsp3) is 0.727. The molecule has 1 aliphatic carbocycles. The van der Waals surface area contributed by atoms with E-state index in [0.717, 1.165) is 12.3 Å². The Labute approximate surface area is 164 Å². The van der Waals surface area contributed by atoms with Crippen LogP contribution in [0.5, 0.6) is 11.5 Å². The predicted octanol–water partition coefficient (Wildman–Crippen LogP) is 3.30. The molecule has 27 heavy (non-hydrogen) atoms. The van der Waals surface area contributed by atoms with Crippen molar-refractivity contribution in [2.75, 3.05) is 40.4 Å². The molecule has 1 aliphatic heterocycles. The van der Waals surface area contributed by atoms with Crippen molar-refractivity contribution < 1.29 is 14.6 Å². The van der Waals surface area contributed by atoms with Gasteiger partial charge in [0.2, 0.25) is 0 Å². The molecule has 1 unspecified atom stereocenters. The van der Waals surface area contributed by atoms with Gasteiger partial charge in [0.05, 0.1) is 7.11 Å². The lowest BCUT2D eigenvalue weighted by Gasteiger charge is -2.32. The summed E-state index contributed by atoms with van der Waals surface area (Å²) in [6.07, 6.45) is 8.56. The molecule has 1 aromatic rings. The summed E-state index contributed by atoms with van der Waals surface area (Å²) in [5.41, 5.74) is 1.25. The van der Waals surface area contributed by atoms with Crippen LogP contribution in [-0.2, 0) is 6.54 Å². The standard InChI is InChI=1S/C22H36N2O3/c1-23(19-8-4-3-5-9-19)16-20(25)17-27-21-11-10-18(14-22(21)26-2)15-24-12-6-7-13-24/h10-11,14,19-20,25H,3-9,12-13,15-17H2,1-2H3. The number of methoxy groups -OCH3 is 1. The predicted molar refractivity (Wildman–Crippen MR) is 109 cm³/mol. The molecule has 2 aliphatic rings. The van der Waals surface area contributed by atoms with Gasteiger partial charge in [-0.2, -0.15) is 0 Å². The monoisotopic (exact) mass is 376 g/mol. The van der Waals surface area contributed by atoms with Crippen molar-refractivity contribution in [2.45, 2.75) is 63.6 Å². The molecule has 0 bridgehead atoms. The number of nitrogens with zero attached hydrogens (tertiary/aromatic N) is 2. The number of aliphatic hydroxyl groups excluding tert-OH is 1. The van der Waals surface area contributed by atoms with Gasteiger partial charge in [-0.25, -0.2) is 0 Å². The minimum absolute atomic E-state index is 0.291. The summed E-state index contributed by atoms with van der Waals surface area (Å²) >= 11 is 0. The smallest absolute Gasteiger partial charge is 0.161 e. The van der Waals surface area contributed by atoms with Crippen LogP contribution in [0.1, 0.15) is 50.5 Å². The third-order valence-corrected chi connectivity index (χ3v) is 5.96. The molecule has 0 amide bonds. The quantitative estimate of drug-likeness (QED) is 0.716. The number of likely N-dealkylation sites (N-methyl/N-ethyl adjacent to an activating group) is 1. The van der Waals surface area contributed by atoms with Gasteiger partial charge in [0, 0.05) is 19.1 Å². The molecule has 3 rings (SSSR count). The largest absolute Gasteiger partial charge is 0.493 e. The highest BCUT2D eigenvalue weighted by Crippen LogP contribution is 2.29. The van der Waals surface area contributed by atoms with Crippen molar-refractivity contribution in [3.05, 3.63) is 23.8 Å². The summed E-state index contributed by atoms with van der Waals surface area (Å²) in [5, 5.41) is 10.4. The second-order valence-electron chi connectivity index (χ2n) is 8.16. The zero-order valence-electron chi connectivity index (χ0n) is 17.0. The minimum Gasteiger partial charge on any atom is -0.493 e. The summed E-state index contributed by atoms with van der Waals surface area (Å²) in [5.74, 6) is 1.46. The van der Waals surface area contributed by atoms with E-state index < -0.39 is 6.10 Å². The molecule has 0 spiro atoms. The summed E-state index contributed by atoms with van der Waals surface area (Å²) in [6, 6.07) is 6.75. The lowest BCUT2D eigenvalue weighted by Crippen LogP contribution is -2.40. The molecule has 0 radical (unpaired) electrons. The van der Waals surface area contributed by atoms with Crippen LogP contribution in [0.3, 0.4) is 0 Å². The molecule has 1 aromatic carbocycles. The molecule has 1 atom stereocenters. The highest BCUT2D eigenvalue weighted by molar-refractivity contribution is 5.43. The molecule has 5 nitrogen and oxygen atoms in total. The SMILES string of the molecule is COc1cc(CN2CCCC2)ccc1OCC(O)CN(C)C1CCCCC1. The average molecular weight is 377 g/mol. The van der Waals surface area contributed by atoms with Crippen molar-refractivity contribution in [3.8, 4) is 11.5 Å². The lowest BCUT2D eigenvalue weighted by atomic mass is 9.94. The summed E-state index contributed by atoms with van der Waals surface area (Å²) in [7, 11) is 3.79. The van der Waals surface area contributed by atoms with Gasteiger partial charge < -0.3 is 19.5 Å². The topological polar surface area (TPSA) is 45.2 Å². The first-order chi connectivity index (χ1) is 13.2. The third-order valence-electron chi connectivity index (χ3n) is 5.96. The Kier molecular flexibility index (Phi) is 7.80. The summed E-state index contributed by atoms with van der Waals surface area (Å²) in [6.45, 7) is 4.27. The number of benzene rings is 1. The van der Waals surface area contributed by atoms with Crippen molar-refractivity contribution in [2.24, 2.45) is 0 Å². The zero-order valence-corrected chi connectivity index (χ0v) is 17.0. The number of likely N-dealkylation sites (tertiary alicyclic amines) is 1. The number of hydrogen-bond acceptors (Lipinski definition) is 5. The van der Waals surface area contributed by atoms with Gasteiger partial charge in [0.15, 0.2) is 11.5 Å². The van der Waals surface area contributed by atoms with Crippen LogP contribution in [-0.4, -0.2) is 67.5 Å². The first-order valence-corrected chi connectivity index (χ1v) is 10.6. The van der Waals surface area contributed by atoms with E-state index in [1.54, 1.807) is 7.11 Å². The fourth-order valence-electron chi connectivity index (χ4n) is 4.37. The number of aliphatic hydroxyl groups is 1. The second-order valence-corrected chi connectivity index (χ2v) is 8.16. The minimum atomic E-state index is -0.495. The van der Waals surface area contributed by atoms with Crippen LogP contribution in [0, 0.1) is 0 Å². The van der Waals surface area contributed by atoms with E-state index in [-0.39, 0.29) is 0 Å². The van der Waals surface area contributed by atoms with Crippen molar-refractivity contribution >= 4 is 0 Å². The van der Waals surface area contributed by atoms with E-state index in [9.17, 15) is 5.11 Å². The van der Waals surface area contributed by atoms with E-state index in [1.165, 1.54) is 63.6 Å². The Morgan fingerprint density at radius 2 is 1.85 bits per heavy atom. The highest BCUT2D eigenvalue weighted by atomic mass is 16.5. The van der Waals surface area contributed by atoms with Crippen LogP contribution in [0.4, 0.5) is 0 Å². The first-order valence-electron chi connectivity index (χ1n) is 10.6. The molecular weight excluding hydrogens is 340 g/mol. The maximum Gasteiger partial charge on any atom is 0.161 e. The van der Waals surface area contributed by atoms with Crippen LogP contribution in [0.15, 0.2) is 18.2 Å². The van der Waals surface area contributed by atoms with Crippen LogP contribution in [0.2, 0.25) is 0 Å². The van der Waals surface area contributed by atoms with Crippen LogP contribution in [0.25, 0.3) is 0 Å².